The lowest BCUT2D eigenvalue weighted by Gasteiger charge is -1.99. The summed E-state index contributed by atoms with van der Waals surface area (Å²) in [5.74, 6) is -0.356. The number of hydrogen-bond acceptors (Lipinski definition) is 3. The molecule has 0 aromatic rings. The highest BCUT2D eigenvalue weighted by Crippen LogP contribution is 1.97. The van der Waals surface area contributed by atoms with Crippen LogP contribution < -0.4 is 0 Å². The molecule has 2 nitrogen and oxygen atoms in total. The fraction of sp³-hybridized carbons (Fsp3) is 0.375. The van der Waals surface area contributed by atoms with Crippen LogP contribution in [-0.4, -0.2) is 11.2 Å². The summed E-state index contributed by atoms with van der Waals surface area (Å²) in [5, 5.41) is -0.384. The molecule has 1 unspecified atom stereocenters. The minimum atomic E-state index is -0.384. The molecule has 0 saturated heterocycles. The first-order valence-electron chi connectivity index (χ1n) is 3.24. The van der Waals surface area contributed by atoms with E-state index in [2.05, 4.69) is 23.9 Å². The summed E-state index contributed by atoms with van der Waals surface area (Å²) < 4.78 is 4.66. The molecule has 3 heteroatoms. The molecule has 0 radical (unpaired) electrons. The van der Waals surface area contributed by atoms with Crippen LogP contribution in [0.25, 0.3) is 0 Å². The summed E-state index contributed by atoms with van der Waals surface area (Å²) in [6, 6.07) is 0. The summed E-state index contributed by atoms with van der Waals surface area (Å²) in [4.78, 5) is 10.7. The van der Waals surface area contributed by atoms with Crippen LogP contribution in [0.15, 0.2) is 24.5 Å². The molecule has 0 aromatic carbocycles. The second kappa shape index (κ2) is 5.02. The van der Waals surface area contributed by atoms with Crippen molar-refractivity contribution in [3.8, 4) is 0 Å². The van der Waals surface area contributed by atoms with Crippen molar-refractivity contribution < 1.29 is 9.53 Å². The van der Waals surface area contributed by atoms with Gasteiger partial charge in [-0.1, -0.05) is 12.2 Å². The fourth-order valence-electron chi connectivity index (χ4n) is 0.316. The Morgan fingerprint density at radius 2 is 2.27 bits per heavy atom. The predicted octanol–water partition coefficient (Wildman–Crippen LogP) is 1.94. The van der Waals surface area contributed by atoms with Crippen molar-refractivity contribution in [2.75, 3.05) is 0 Å². The molecule has 0 heterocycles. The van der Waals surface area contributed by atoms with E-state index in [9.17, 15) is 4.79 Å². The van der Waals surface area contributed by atoms with Crippen LogP contribution >= 0.6 is 12.6 Å². The van der Waals surface area contributed by atoms with Crippen LogP contribution in [0.2, 0.25) is 0 Å². The van der Waals surface area contributed by atoms with Gasteiger partial charge in [-0.3, -0.25) is 4.79 Å². The van der Waals surface area contributed by atoms with E-state index < -0.39 is 0 Å². The Kier molecular flexibility index (Phi) is 4.70. The molecule has 0 rings (SSSR count). The molecule has 0 fully saturated rings. The SMILES string of the molecule is C=C(C)C=COC(=O)C(C)S. The smallest absolute Gasteiger partial charge is 0.323 e. The molecule has 1 atom stereocenters. The molecule has 0 saturated carbocycles. The first-order valence-corrected chi connectivity index (χ1v) is 3.76. The van der Waals surface area contributed by atoms with Crippen molar-refractivity contribution in [2.24, 2.45) is 0 Å². The van der Waals surface area contributed by atoms with Crippen molar-refractivity contribution in [2.45, 2.75) is 19.1 Å². The van der Waals surface area contributed by atoms with Gasteiger partial charge in [0.1, 0.15) is 0 Å². The second-order valence-electron chi connectivity index (χ2n) is 2.26. The third-order valence-corrected chi connectivity index (χ3v) is 1.09. The molecule has 0 amide bonds. The van der Waals surface area contributed by atoms with Gasteiger partial charge in [-0.05, 0) is 19.9 Å². The summed E-state index contributed by atoms with van der Waals surface area (Å²) in [7, 11) is 0. The Balaban J connectivity index is 3.71. The average Bonchev–Trinajstić information content (AvgIpc) is 1.86. The Hall–Kier alpha value is -0.700. The Morgan fingerprint density at radius 1 is 1.73 bits per heavy atom. The van der Waals surface area contributed by atoms with Gasteiger partial charge in [0.05, 0.1) is 11.5 Å². The van der Waals surface area contributed by atoms with E-state index in [1.165, 1.54) is 6.26 Å². The van der Waals surface area contributed by atoms with Gasteiger partial charge < -0.3 is 4.74 Å². The molecule has 0 aliphatic carbocycles. The lowest BCUT2D eigenvalue weighted by atomic mass is 10.3. The molecule has 0 aromatic heterocycles. The third kappa shape index (κ3) is 5.73. The van der Waals surface area contributed by atoms with Crippen LogP contribution in [0.3, 0.4) is 0 Å². The number of esters is 1. The van der Waals surface area contributed by atoms with Crippen molar-refractivity contribution in [3.05, 3.63) is 24.5 Å². The van der Waals surface area contributed by atoms with E-state index in [4.69, 9.17) is 0 Å². The zero-order valence-electron chi connectivity index (χ0n) is 6.70. The van der Waals surface area contributed by atoms with Crippen molar-refractivity contribution in [1.29, 1.82) is 0 Å². The van der Waals surface area contributed by atoms with Gasteiger partial charge in [-0.25, -0.2) is 0 Å². The van der Waals surface area contributed by atoms with Gasteiger partial charge in [0.25, 0.3) is 0 Å². The van der Waals surface area contributed by atoms with E-state index in [-0.39, 0.29) is 11.2 Å². The van der Waals surface area contributed by atoms with E-state index >= 15 is 0 Å². The topological polar surface area (TPSA) is 26.3 Å². The van der Waals surface area contributed by atoms with Crippen molar-refractivity contribution in [3.63, 3.8) is 0 Å². The summed E-state index contributed by atoms with van der Waals surface area (Å²) >= 11 is 3.89. The van der Waals surface area contributed by atoms with Crippen LogP contribution in [0.1, 0.15) is 13.8 Å². The number of allylic oxidation sites excluding steroid dienone is 2. The van der Waals surface area contributed by atoms with E-state index in [1.54, 1.807) is 13.0 Å². The van der Waals surface area contributed by atoms with Gasteiger partial charge >= 0.3 is 5.97 Å². The average molecular weight is 172 g/mol. The first kappa shape index (κ1) is 10.3. The Bertz CT molecular complexity index is 183. The number of carbonyl (C=O) groups is 1. The minimum absolute atomic E-state index is 0.356. The summed E-state index contributed by atoms with van der Waals surface area (Å²) in [5.41, 5.74) is 0.838. The molecule has 62 valence electrons. The van der Waals surface area contributed by atoms with E-state index in [1.807, 2.05) is 6.92 Å². The standard InChI is InChI=1S/C8H12O2S/c1-6(2)4-5-10-8(9)7(3)11/h4-5,7,11H,1H2,2-3H3. The summed E-state index contributed by atoms with van der Waals surface area (Å²) in [6.07, 6.45) is 2.94. The number of carbonyl (C=O) groups excluding carboxylic acids is 1. The van der Waals surface area contributed by atoms with Crippen LogP contribution in [0, 0.1) is 0 Å². The van der Waals surface area contributed by atoms with E-state index in [0.717, 1.165) is 5.57 Å². The van der Waals surface area contributed by atoms with Gasteiger partial charge in [-0.15, -0.1) is 0 Å². The van der Waals surface area contributed by atoms with Gasteiger partial charge in [0.2, 0.25) is 0 Å². The number of rotatable bonds is 3. The van der Waals surface area contributed by atoms with Gasteiger partial charge in [0.15, 0.2) is 0 Å². The Labute approximate surface area is 72.3 Å². The maximum absolute atomic E-state index is 10.7. The second-order valence-corrected chi connectivity index (χ2v) is 3.04. The predicted molar refractivity (Wildman–Crippen MR) is 48.5 cm³/mol. The van der Waals surface area contributed by atoms with Gasteiger partial charge in [-0.2, -0.15) is 12.6 Å². The molecule has 0 bridgehead atoms. The maximum atomic E-state index is 10.7. The normalized spacial score (nSPS) is 13.0. The zero-order valence-corrected chi connectivity index (χ0v) is 7.60. The third-order valence-electron chi connectivity index (χ3n) is 0.878. The molecular formula is C8H12O2S. The monoisotopic (exact) mass is 172 g/mol. The lowest BCUT2D eigenvalue weighted by Crippen LogP contribution is -2.10. The summed E-state index contributed by atoms with van der Waals surface area (Å²) in [6.45, 7) is 7.07. The molecular weight excluding hydrogens is 160 g/mol. The van der Waals surface area contributed by atoms with Crippen molar-refractivity contribution >= 4 is 18.6 Å². The highest BCUT2D eigenvalue weighted by molar-refractivity contribution is 7.81. The lowest BCUT2D eigenvalue weighted by molar-refractivity contribution is -0.137. The minimum Gasteiger partial charge on any atom is -0.434 e. The largest absolute Gasteiger partial charge is 0.434 e. The van der Waals surface area contributed by atoms with E-state index in [0.29, 0.717) is 0 Å². The van der Waals surface area contributed by atoms with Crippen LogP contribution in [0.5, 0.6) is 0 Å². The highest BCUT2D eigenvalue weighted by Gasteiger charge is 2.06. The molecule has 11 heavy (non-hydrogen) atoms. The number of thiol groups is 1. The molecule has 0 aliphatic rings. The maximum Gasteiger partial charge on any atom is 0.323 e. The van der Waals surface area contributed by atoms with Crippen LogP contribution in [0.4, 0.5) is 0 Å². The fourth-order valence-corrected chi connectivity index (χ4v) is 0.377. The molecule has 0 N–H and O–H groups in total. The highest BCUT2D eigenvalue weighted by atomic mass is 32.1. The Morgan fingerprint density at radius 3 is 2.64 bits per heavy atom. The molecule has 0 aliphatic heterocycles. The molecule has 0 spiro atoms. The number of hydrogen-bond donors (Lipinski definition) is 1. The zero-order chi connectivity index (χ0) is 8.85. The number of ether oxygens (including phenoxy) is 1. The first-order chi connectivity index (χ1) is 5.04. The van der Waals surface area contributed by atoms with Crippen molar-refractivity contribution in [1.82, 2.24) is 0 Å². The quantitative estimate of drug-likeness (QED) is 0.305. The van der Waals surface area contributed by atoms with Gasteiger partial charge in [0, 0.05) is 0 Å². The van der Waals surface area contributed by atoms with Crippen LogP contribution in [-0.2, 0) is 9.53 Å².